The standard InChI is InChI=1S/C22H39N7O2.HI/c1-3-23-21(29-11-6-20(18-29)19-31-17-16-30-2)26-9-5-10-27-12-14-28(15-13-27)22-24-7-4-8-25-22;/h4,7-8,20H,3,5-6,9-19H2,1-2H3,(H,23,26);1H. The van der Waals surface area contributed by atoms with E-state index in [2.05, 4.69) is 36.9 Å². The predicted octanol–water partition coefficient (Wildman–Crippen LogP) is 1.56. The van der Waals surface area contributed by atoms with Crippen LogP contribution in [0.5, 0.6) is 0 Å². The third kappa shape index (κ3) is 8.95. The molecule has 10 heteroatoms. The number of aliphatic imine (C=N–C) groups is 1. The quantitative estimate of drug-likeness (QED) is 0.189. The minimum Gasteiger partial charge on any atom is -0.382 e. The maximum Gasteiger partial charge on any atom is 0.225 e. The molecule has 1 aromatic rings. The van der Waals surface area contributed by atoms with Crippen molar-refractivity contribution >= 4 is 35.9 Å². The van der Waals surface area contributed by atoms with Crippen molar-refractivity contribution in [2.75, 3.05) is 90.7 Å². The highest BCUT2D eigenvalue weighted by molar-refractivity contribution is 14.0. The number of piperazine rings is 1. The van der Waals surface area contributed by atoms with Crippen LogP contribution >= 0.6 is 24.0 Å². The summed E-state index contributed by atoms with van der Waals surface area (Å²) in [4.78, 5) is 20.8. The molecule has 2 saturated heterocycles. The first-order chi connectivity index (χ1) is 15.3. The Kier molecular flexibility index (Phi) is 13.1. The molecule has 2 aliphatic rings. The van der Waals surface area contributed by atoms with E-state index in [1.165, 1.54) is 0 Å². The van der Waals surface area contributed by atoms with Crippen LogP contribution < -0.4 is 10.2 Å². The van der Waals surface area contributed by atoms with Crippen molar-refractivity contribution in [2.45, 2.75) is 19.8 Å². The lowest BCUT2D eigenvalue weighted by molar-refractivity contribution is 0.0536. The fourth-order valence-corrected chi connectivity index (χ4v) is 4.08. The monoisotopic (exact) mass is 561 g/mol. The molecule has 1 unspecified atom stereocenters. The molecular weight excluding hydrogens is 521 g/mol. The zero-order valence-corrected chi connectivity index (χ0v) is 21.9. The van der Waals surface area contributed by atoms with Crippen LogP contribution in [0.1, 0.15) is 19.8 Å². The van der Waals surface area contributed by atoms with E-state index < -0.39 is 0 Å². The van der Waals surface area contributed by atoms with Crippen molar-refractivity contribution in [1.82, 2.24) is 25.1 Å². The number of halogens is 1. The van der Waals surface area contributed by atoms with Crippen LogP contribution in [0.25, 0.3) is 0 Å². The Morgan fingerprint density at radius 1 is 1.16 bits per heavy atom. The van der Waals surface area contributed by atoms with Gasteiger partial charge in [-0.05, 0) is 25.8 Å². The molecule has 2 fully saturated rings. The highest BCUT2D eigenvalue weighted by atomic mass is 127. The number of hydrogen-bond acceptors (Lipinski definition) is 7. The fraction of sp³-hybridized carbons (Fsp3) is 0.773. The summed E-state index contributed by atoms with van der Waals surface area (Å²) in [6.07, 6.45) is 5.86. The fourth-order valence-electron chi connectivity index (χ4n) is 4.08. The summed E-state index contributed by atoms with van der Waals surface area (Å²) < 4.78 is 10.8. The van der Waals surface area contributed by atoms with E-state index in [1.807, 2.05) is 18.5 Å². The number of guanidine groups is 1. The summed E-state index contributed by atoms with van der Waals surface area (Å²) >= 11 is 0. The molecule has 1 aromatic heterocycles. The zero-order chi connectivity index (χ0) is 21.7. The highest BCUT2D eigenvalue weighted by Crippen LogP contribution is 2.17. The summed E-state index contributed by atoms with van der Waals surface area (Å²) in [5.74, 6) is 2.47. The Morgan fingerprint density at radius 3 is 2.66 bits per heavy atom. The van der Waals surface area contributed by atoms with Crippen molar-refractivity contribution in [3.63, 3.8) is 0 Å². The number of likely N-dealkylation sites (tertiary alicyclic amines) is 1. The van der Waals surface area contributed by atoms with Crippen LogP contribution in [0.15, 0.2) is 23.5 Å². The average Bonchev–Trinajstić information content (AvgIpc) is 3.29. The number of rotatable bonds is 11. The smallest absolute Gasteiger partial charge is 0.225 e. The van der Waals surface area contributed by atoms with Crippen LogP contribution in [0, 0.1) is 5.92 Å². The maximum atomic E-state index is 5.72. The predicted molar refractivity (Wildman–Crippen MR) is 139 cm³/mol. The van der Waals surface area contributed by atoms with Gasteiger partial charge < -0.3 is 24.6 Å². The Labute approximate surface area is 210 Å². The van der Waals surface area contributed by atoms with Crippen LogP contribution in [0.3, 0.4) is 0 Å². The molecule has 0 aromatic carbocycles. The van der Waals surface area contributed by atoms with Gasteiger partial charge in [0.1, 0.15) is 0 Å². The van der Waals surface area contributed by atoms with Crippen LogP contribution in [-0.2, 0) is 9.47 Å². The number of aromatic nitrogens is 2. The van der Waals surface area contributed by atoms with Crippen molar-refractivity contribution in [3.05, 3.63) is 18.5 Å². The maximum absolute atomic E-state index is 5.72. The molecule has 0 aliphatic carbocycles. The van der Waals surface area contributed by atoms with Gasteiger partial charge in [0.25, 0.3) is 0 Å². The Balaban J connectivity index is 0.00000363. The lowest BCUT2D eigenvalue weighted by Gasteiger charge is -2.34. The SMILES string of the molecule is CCNC(=NCCCN1CCN(c2ncccn2)CC1)N1CCC(COCCOC)C1.I. The Bertz CT molecular complexity index is 644. The molecule has 0 spiro atoms. The minimum absolute atomic E-state index is 0. The van der Waals surface area contributed by atoms with E-state index in [0.29, 0.717) is 19.1 Å². The van der Waals surface area contributed by atoms with Gasteiger partial charge in [-0.1, -0.05) is 0 Å². The van der Waals surface area contributed by atoms with Crippen molar-refractivity contribution in [1.29, 1.82) is 0 Å². The molecule has 3 heterocycles. The first-order valence-corrected chi connectivity index (χ1v) is 11.6. The minimum atomic E-state index is 0. The number of hydrogen-bond donors (Lipinski definition) is 1. The summed E-state index contributed by atoms with van der Waals surface area (Å²) in [6.45, 7) is 13.3. The second-order valence-corrected chi connectivity index (χ2v) is 8.14. The average molecular weight is 562 g/mol. The van der Waals surface area contributed by atoms with E-state index in [1.54, 1.807) is 7.11 Å². The Morgan fingerprint density at radius 2 is 1.94 bits per heavy atom. The second kappa shape index (κ2) is 15.6. The first-order valence-electron chi connectivity index (χ1n) is 11.6. The van der Waals surface area contributed by atoms with Crippen LogP contribution in [0.4, 0.5) is 5.95 Å². The largest absolute Gasteiger partial charge is 0.382 e. The van der Waals surface area contributed by atoms with E-state index in [-0.39, 0.29) is 24.0 Å². The van der Waals surface area contributed by atoms with Gasteiger partial charge in [-0.2, -0.15) is 0 Å². The van der Waals surface area contributed by atoms with Gasteiger partial charge in [-0.3, -0.25) is 9.89 Å². The van der Waals surface area contributed by atoms with Crippen molar-refractivity contribution in [2.24, 2.45) is 10.9 Å². The zero-order valence-electron chi connectivity index (χ0n) is 19.6. The number of methoxy groups -OCH3 is 1. The molecule has 32 heavy (non-hydrogen) atoms. The third-order valence-corrected chi connectivity index (χ3v) is 5.81. The summed E-state index contributed by atoms with van der Waals surface area (Å²) in [5.41, 5.74) is 0. The molecule has 0 saturated carbocycles. The molecule has 3 rings (SSSR count). The normalized spacial score (nSPS) is 19.8. The third-order valence-electron chi connectivity index (χ3n) is 5.81. The summed E-state index contributed by atoms with van der Waals surface area (Å²) in [5, 5.41) is 3.46. The van der Waals surface area contributed by atoms with E-state index in [4.69, 9.17) is 14.5 Å². The van der Waals surface area contributed by atoms with Gasteiger partial charge >= 0.3 is 0 Å². The summed E-state index contributed by atoms with van der Waals surface area (Å²) in [6, 6.07) is 1.86. The van der Waals surface area contributed by atoms with E-state index in [0.717, 1.165) is 90.3 Å². The number of anilines is 1. The lowest BCUT2D eigenvalue weighted by Crippen LogP contribution is -2.47. The first kappa shape index (κ1) is 27.0. The van der Waals surface area contributed by atoms with Gasteiger partial charge in [0.15, 0.2) is 5.96 Å². The lowest BCUT2D eigenvalue weighted by atomic mass is 10.1. The Hall–Kier alpha value is -1.24. The highest BCUT2D eigenvalue weighted by Gasteiger charge is 2.25. The van der Waals surface area contributed by atoms with Gasteiger partial charge in [-0.25, -0.2) is 9.97 Å². The van der Waals surface area contributed by atoms with Gasteiger partial charge in [0.2, 0.25) is 5.95 Å². The molecule has 2 aliphatic heterocycles. The molecule has 0 radical (unpaired) electrons. The number of ether oxygens (including phenoxy) is 2. The molecular formula is C22H40IN7O2. The number of nitrogens with zero attached hydrogens (tertiary/aromatic N) is 6. The topological polar surface area (TPSA) is 78.4 Å². The molecule has 0 bridgehead atoms. The molecule has 1 N–H and O–H groups in total. The van der Waals surface area contributed by atoms with Crippen molar-refractivity contribution in [3.8, 4) is 0 Å². The van der Waals surface area contributed by atoms with E-state index in [9.17, 15) is 0 Å². The van der Waals surface area contributed by atoms with Gasteiger partial charge in [0.05, 0.1) is 19.8 Å². The van der Waals surface area contributed by atoms with E-state index >= 15 is 0 Å². The molecule has 0 amide bonds. The van der Waals surface area contributed by atoms with Crippen LogP contribution in [0.2, 0.25) is 0 Å². The molecule has 1 atom stereocenters. The van der Waals surface area contributed by atoms with Crippen molar-refractivity contribution < 1.29 is 9.47 Å². The van der Waals surface area contributed by atoms with Crippen LogP contribution in [-0.4, -0.2) is 112 Å². The van der Waals surface area contributed by atoms with Gasteiger partial charge in [-0.15, -0.1) is 24.0 Å². The number of nitrogens with one attached hydrogen (secondary N) is 1. The molecule has 9 nitrogen and oxygen atoms in total. The second-order valence-electron chi connectivity index (χ2n) is 8.14. The molecule has 182 valence electrons. The van der Waals surface area contributed by atoms with Gasteiger partial charge in [0, 0.05) is 84.3 Å². The summed E-state index contributed by atoms with van der Waals surface area (Å²) in [7, 11) is 1.71.